The molecule has 7 nitrogen and oxygen atoms in total. The van der Waals surface area contributed by atoms with Crippen molar-refractivity contribution in [3.8, 4) is 0 Å². The number of aromatic nitrogens is 1. The Kier molecular flexibility index (Phi) is 7.16. The van der Waals surface area contributed by atoms with Gasteiger partial charge in [-0.3, -0.25) is 15.0 Å². The highest BCUT2D eigenvalue weighted by Gasteiger charge is 2.29. The summed E-state index contributed by atoms with van der Waals surface area (Å²) in [7, 11) is 0. The quantitative estimate of drug-likeness (QED) is 0.637. The Morgan fingerprint density at radius 1 is 1.11 bits per heavy atom. The van der Waals surface area contributed by atoms with Gasteiger partial charge in [-0.05, 0) is 55.2 Å². The minimum absolute atomic E-state index is 0.214. The Morgan fingerprint density at radius 3 is 2.75 bits per heavy atom. The van der Waals surface area contributed by atoms with Gasteiger partial charge in [0.15, 0.2) is 11.6 Å². The number of rotatable bonds is 5. The van der Waals surface area contributed by atoms with Gasteiger partial charge < -0.3 is 15.5 Å². The highest BCUT2D eigenvalue weighted by Crippen LogP contribution is 2.30. The molecular weight excluding hydrogens is 462 g/mol. The van der Waals surface area contributed by atoms with Crippen LogP contribution in [0, 0.1) is 23.5 Å². The van der Waals surface area contributed by atoms with Crippen LogP contribution < -0.4 is 10.6 Å². The van der Waals surface area contributed by atoms with Crippen LogP contribution in [0.2, 0.25) is 0 Å². The number of amides is 2. The van der Waals surface area contributed by atoms with Crippen LogP contribution in [0.3, 0.4) is 0 Å². The number of urea groups is 1. The molecule has 1 aromatic heterocycles. The van der Waals surface area contributed by atoms with Crippen LogP contribution in [-0.4, -0.2) is 47.5 Å². The number of fused-ring (bicyclic) bond motifs is 1. The Labute approximate surface area is 208 Å². The van der Waals surface area contributed by atoms with E-state index in [1.54, 1.807) is 11.1 Å². The van der Waals surface area contributed by atoms with E-state index in [9.17, 15) is 13.6 Å². The molecule has 0 saturated carbocycles. The van der Waals surface area contributed by atoms with E-state index >= 15 is 0 Å². The van der Waals surface area contributed by atoms with Gasteiger partial charge in [0, 0.05) is 85.5 Å². The van der Waals surface area contributed by atoms with E-state index in [-0.39, 0.29) is 23.6 Å². The number of halogens is 2. The molecule has 36 heavy (non-hydrogen) atoms. The van der Waals surface area contributed by atoms with E-state index in [4.69, 9.17) is 4.99 Å². The lowest BCUT2D eigenvalue weighted by atomic mass is 9.91. The van der Waals surface area contributed by atoms with Gasteiger partial charge >= 0.3 is 6.03 Å². The van der Waals surface area contributed by atoms with Crippen molar-refractivity contribution in [2.75, 3.05) is 25.0 Å². The fourth-order valence-electron chi connectivity index (χ4n) is 4.73. The maximum Gasteiger partial charge on any atom is 0.321 e. The molecule has 1 aromatic carbocycles. The van der Waals surface area contributed by atoms with Crippen LogP contribution in [0.4, 0.5) is 19.3 Å². The minimum atomic E-state index is -0.988. The molecule has 4 heterocycles. The number of aliphatic imine (C=N–C) groups is 2. The van der Waals surface area contributed by atoms with Crippen LogP contribution in [-0.2, 0) is 6.54 Å². The number of likely N-dealkylation sites (tertiary alicyclic amines) is 1. The largest absolute Gasteiger partial charge is 0.384 e. The summed E-state index contributed by atoms with van der Waals surface area (Å²) in [6.07, 6.45) is 12.0. The second-order valence-electron chi connectivity index (χ2n) is 9.25. The molecular formula is C27H28F2N6O. The third-order valence-corrected chi connectivity index (χ3v) is 6.76. The number of nitrogens with zero attached hydrogens (tertiary/aromatic N) is 4. The molecule has 186 valence electrons. The number of hydrogen-bond donors (Lipinski definition) is 2. The van der Waals surface area contributed by atoms with Gasteiger partial charge in [0.2, 0.25) is 0 Å². The van der Waals surface area contributed by atoms with Gasteiger partial charge in [0.05, 0.1) is 0 Å². The molecule has 0 spiro atoms. The maximum atomic E-state index is 13.5. The molecule has 1 saturated heterocycles. The first-order chi connectivity index (χ1) is 17.5. The number of dihydropyridines is 1. The second kappa shape index (κ2) is 10.8. The van der Waals surface area contributed by atoms with E-state index in [0.717, 1.165) is 60.6 Å². The summed E-state index contributed by atoms with van der Waals surface area (Å²) in [5.74, 6) is -1.48. The average Bonchev–Trinajstić information content (AvgIpc) is 3.10. The number of carbonyl (C=O) groups excluding carboxylic acids is 1. The van der Waals surface area contributed by atoms with Crippen LogP contribution in [0.15, 0.2) is 76.3 Å². The highest BCUT2D eigenvalue weighted by molar-refractivity contribution is 5.99. The third kappa shape index (κ3) is 5.67. The number of benzene rings is 1. The van der Waals surface area contributed by atoms with Crippen LogP contribution in [0.1, 0.15) is 24.8 Å². The number of pyridine rings is 1. The summed E-state index contributed by atoms with van der Waals surface area (Å²) in [6, 6.07) is 7.00. The molecule has 0 radical (unpaired) electrons. The van der Waals surface area contributed by atoms with Crippen molar-refractivity contribution >= 4 is 23.6 Å². The summed E-state index contributed by atoms with van der Waals surface area (Å²) < 4.78 is 26.7. The van der Waals surface area contributed by atoms with Crippen LogP contribution in [0.5, 0.6) is 0 Å². The third-order valence-electron chi connectivity index (χ3n) is 6.76. The van der Waals surface area contributed by atoms with Gasteiger partial charge in [0.25, 0.3) is 0 Å². The molecule has 2 N–H and O–H groups in total. The van der Waals surface area contributed by atoms with Gasteiger partial charge in [0.1, 0.15) is 0 Å². The number of allylic oxidation sites excluding steroid dienone is 3. The van der Waals surface area contributed by atoms with Crippen molar-refractivity contribution < 1.29 is 13.6 Å². The minimum Gasteiger partial charge on any atom is -0.384 e. The van der Waals surface area contributed by atoms with Crippen molar-refractivity contribution in [3.63, 3.8) is 0 Å². The number of nitrogens with one attached hydrogen (secondary N) is 2. The van der Waals surface area contributed by atoms with Crippen molar-refractivity contribution in [1.29, 1.82) is 0 Å². The Balaban J connectivity index is 1.25. The lowest BCUT2D eigenvalue weighted by molar-refractivity contribution is 0.193. The van der Waals surface area contributed by atoms with Gasteiger partial charge in [-0.2, -0.15) is 0 Å². The van der Waals surface area contributed by atoms with Crippen molar-refractivity contribution in [2.24, 2.45) is 21.8 Å². The predicted octanol–water partition coefficient (Wildman–Crippen LogP) is 4.71. The SMILES string of the molecule is O=C(Nc1ccc(F)c(F)c1)N1CCC(C2=NC3=CC=NCC3CC(NCc3cccnc3)=C2)CC1. The summed E-state index contributed by atoms with van der Waals surface area (Å²) in [5.41, 5.74) is 4.54. The Morgan fingerprint density at radius 2 is 1.97 bits per heavy atom. The summed E-state index contributed by atoms with van der Waals surface area (Å²) in [4.78, 5) is 28.1. The lowest BCUT2D eigenvalue weighted by Crippen LogP contribution is -2.42. The monoisotopic (exact) mass is 490 g/mol. The first-order valence-corrected chi connectivity index (χ1v) is 12.2. The zero-order valence-electron chi connectivity index (χ0n) is 19.8. The van der Waals surface area contributed by atoms with Crippen LogP contribution >= 0.6 is 0 Å². The van der Waals surface area contributed by atoms with E-state index in [1.165, 1.54) is 6.07 Å². The summed E-state index contributed by atoms with van der Waals surface area (Å²) in [6.45, 7) is 2.51. The van der Waals surface area contributed by atoms with Gasteiger partial charge in [-0.25, -0.2) is 13.6 Å². The number of carbonyl (C=O) groups is 1. The molecule has 1 atom stereocenters. The van der Waals surface area contributed by atoms with Gasteiger partial charge in [-0.1, -0.05) is 6.07 Å². The Hall–Kier alpha value is -3.88. The second-order valence-corrected chi connectivity index (χ2v) is 9.25. The molecule has 0 aliphatic carbocycles. The van der Waals surface area contributed by atoms with Crippen molar-refractivity contribution in [3.05, 3.63) is 83.5 Å². The van der Waals surface area contributed by atoms with Crippen LogP contribution in [0.25, 0.3) is 0 Å². The number of hydrogen-bond acceptors (Lipinski definition) is 5. The van der Waals surface area contributed by atoms with E-state index in [2.05, 4.69) is 26.7 Å². The zero-order valence-corrected chi connectivity index (χ0v) is 19.8. The summed E-state index contributed by atoms with van der Waals surface area (Å²) >= 11 is 0. The fourth-order valence-corrected chi connectivity index (χ4v) is 4.73. The number of anilines is 1. The smallest absolute Gasteiger partial charge is 0.321 e. The molecule has 2 aromatic rings. The highest BCUT2D eigenvalue weighted by atomic mass is 19.2. The van der Waals surface area contributed by atoms with Crippen molar-refractivity contribution in [2.45, 2.75) is 25.8 Å². The molecule has 9 heteroatoms. The molecule has 2 amide bonds. The number of piperidine rings is 1. The fraction of sp³-hybridized carbons (Fsp3) is 0.333. The van der Waals surface area contributed by atoms with Crippen molar-refractivity contribution in [1.82, 2.24) is 15.2 Å². The average molecular weight is 491 g/mol. The molecule has 1 unspecified atom stereocenters. The van der Waals surface area contributed by atoms with E-state index < -0.39 is 11.6 Å². The summed E-state index contributed by atoms with van der Waals surface area (Å²) in [5, 5.41) is 6.23. The van der Waals surface area contributed by atoms with Gasteiger partial charge in [-0.15, -0.1) is 0 Å². The normalized spacial score (nSPS) is 20.0. The molecule has 3 aliphatic heterocycles. The van der Waals surface area contributed by atoms with E-state index in [1.807, 2.05) is 30.6 Å². The molecule has 1 fully saturated rings. The topological polar surface area (TPSA) is 82.0 Å². The first kappa shape index (κ1) is 23.8. The predicted molar refractivity (Wildman–Crippen MR) is 136 cm³/mol. The molecule has 5 rings (SSSR count). The Bertz CT molecular complexity index is 1230. The first-order valence-electron chi connectivity index (χ1n) is 12.2. The molecule has 0 bridgehead atoms. The molecule has 3 aliphatic rings. The standard InChI is InChI=1S/C27H28F2N6O/c28-23-4-3-21(13-24(23)29)33-27(36)35-10-6-19(7-11-35)26-14-22(32-16-18-2-1-8-30-15-18)12-20-17-31-9-5-25(20)34-26/h1-5,8-9,13-15,19-20,32H,6-7,10-12,16-17H2,(H,33,36). The lowest BCUT2D eigenvalue weighted by Gasteiger charge is -2.32. The maximum absolute atomic E-state index is 13.5. The van der Waals surface area contributed by atoms with E-state index in [0.29, 0.717) is 19.6 Å². The zero-order chi connectivity index (χ0) is 24.9.